The summed E-state index contributed by atoms with van der Waals surface area (Å²) in [7, 11) is -3.77. The summed E-state index contributed by atoms with van der Waals surface area (Å²) in [6, 6.07) is 6.45. The van der Waals surface area contributed by atoms with Crippen LogP contribution in [0.25, 0.3) is 0 Å². The van der Waals surface area contributed by atoms with Gasteiger partial charge in [-0.15, -0.1) is 0 Å². The molecular weight excluding hydrogens is 342 g/mol. The second kappa shape index (κ2) is 7.66. The Hall–Kier alpha value is -1.73. The van der Waals surface area contributed by atoms with Crippen LogP contribution in [0.15, 0.2) is 29.2 Å². The highest BCUT2D eigenvalue weighted by molar-refractivity contribution is 7.86. The molecule has 0 N–H and O–H groups in total. The average Bonchev–Trinajstić information content (AvgIpc) is 2.48. The zero-order valence-corrected chi connectivity index (χ0v) is 15.8. The summed E-state index contributed by atoms with van der Waals surface area (Å²) in [5, 5.41) is 0. The quantitative estimate of drug-likeness (QED) is 0.420. The molecule has 138 valence electrons. The zero-order valence-electron chi connectivity index (χ0n) is 14.9. The number of amides is 2. The Morgan fingerprint density at radius 3 is 2.16 bits per heavy atom. The van der Waals surface area contributed by atoms with Crippen LogP contribution in [0.2, 0.25) is 0 Å². The molecule has 1 aliphatic heterocycles. The first-order valence-corrected chi connectivity index (χ1v) is 9.81. The van der Waals surface area contributed by atoms with Gasteiger partial charge in [-0.3, -0.25) is 18.7 Å². The van der Waals surface area contributed by atoms with Gasteiger partial charge in [0.25, 0.3) is 10.1 Å². The molecule has 0 aliphatic carbocycles. The van der Waals surface area contributed by atoms with E-state index in [2.05, 4.69) is 0 Å². The number of aryl methyl sites for hydroxylation is 1. The van der Waals surface area contributed by atoms with Crippen LogP contribution in [-0.4, -0.2) is 38.3 Å². The van der Waals surface area contributed by atoms with E-state index in [4.69, 9.17) is 4.18 Å². The molecule has 2 rings (SSSR count). The third kappa shape index (κ3) is 5.37. The van der Waals surface area contributed by atoms with Gasteiger partial charge in [0.15, 0.2) is 0 Å². The van der Waals surface area contributed by atoms with Crippen molar-refractivity contribution in [2.45, 2.75) is 51.3 Å². The first-order chi connectivity index (χ1) is 11.6. The maximum absolute atomic E-state index is 12.0. The minimum atomic E-state index is -3.77. The Balaban J connectivity index is 1.77. The Morgan fingerprint density at radius 2 is 1.60 bits per heavy atom. The first-order valence-electron chi connectivity index (χ1n) is 8.40. The van der Waals surface area contributed by atoms with Crippen LogP contribution in [0, 0.1) is 12.3 Å². The van der Waals surface area contributed by atoms with Crippen molar-refractivity contribution >= 4 is 21.9 Å². The lowest BCUT2D eigenvalue weighted by Crippen LogP contribution is -2.46. The maximum Gasteiger partial charge on any atom is 0.296 e. The monoisotopic (exact) mass is 367 g/mol. The molecule has 1 aliphatic rings. The second-order valence-electron chi connectivity index (χ2n) is 7.25. The van der Waals surface area contributed by atoms with Crippen LogP contribution in [0.4, 0.5) is 0 Å². The zero-order chi connectivity index (χ0) is 18.7. The molecular formula is C18H25NO5S. The summed E-state index contributed by atoms with van der Waals surface area (Å²) >= 11 is 0. The molecule has 1 aromatic carbocycles. The third-order valence-electron chi connectivity index (χ3n) is 4.19. The Kier molecular flexibility index (Phi) is 6.00. The number of carbonyl (C=O) groups excluding carboxylic acids is 2. The maximum atomic E-state index is 12.0. The third-order valence-corrected chi connectivity index (χ3v) is 5.51. The predicted molar refractivity (Wildman–Crippen MR) is 93.3 cm³/mol. The van der Waals surface area contributed by atoms with Crippen LogP contribution in [0.3, 0.4) is 0 Å². The summed E-state index contributed by atoms with van der Waals surface area (Å²) in [4.78, 5) is 25.5. The summed E-state index contributed by atoms with van der Waals surface area (Å²) in [5.74, 6) is -0.316. The molecule has 0 radical (unpaired) electrons. The molecule has 2 amide bonds. The second-order valence-corrected chi connectivity index (χ2v) is 8.87. The number of nitrogens with zero attached hydrogens (tertiary/aromatic N) is 1. The van der Waals surface area contributed by atoms with Gasteiger partial charge in [0, 0.05) is 19.4 Å². The van der Waals surface area contributed by atoms with E-state index in [1.54, 1.807) is 12.1 Å². The number of imide groups is 1. The topological polar surface area (TPSA) is 80.8 Å². The summed E-state index contributed by atoms with van der Waals surface area (Å²) in [6.07, 6.45) is 1.68. The molecule has 0 spiro atoms. The van der Waals surface area contributed by atoms with Gasteiger partial charge in [-0.05, 0) is 37.3 Å². The van der Waals surface area contributed by atoms with Gasteiger partial charge in [0.1, 0.15) is 0 Å². The van der Waals surface area contributed by atoms with Crippen molar-refractivity contribution in [2.75, 3.05) is 13.2 Å². The van der Waals surface area contributed by atoms with E-state index in [0.29, 0.717) is 32.2 Å². The molecule has 6 nitrogen and oxygen atoms in total. The van der Waals surface area contributed by atoms with Crippen LogP contribution in [0.1, 0.15) is 45.1 Å². The number of hydrogen-bond donors (Lipinski definition) is 0. The number of unbranched alkanes of at least 4 members (excludes halogenated alkanes) is 1. The minimum Gasteiger partial charge on any atom is -0.283 e. The fourth-order valence-electron chi connectivity index (χ4n) is 2.77. The molecule has 0 unspecified atom stereocenters. The molecule has 1 heterocycles. The lowest BCUT2D eigenvalue weighted by molar-refractivity contribution is -0.152. The predicted octanol–water partition coefficient (Wildman–Crippen LogP) is 2.66. The lowest BCUT2D eigenvalue weighted by atomic mass is 9.82. The number of piperidine rings is 1. The van der Waals surface area contributed by atoms with Gasteiger partial charge in [-0.1, -0.05) is 31.5 Å². The highest BCUT2D eigenvalue weighted by Crippen LogP contribution is 2.31. The van der Waals surface area contributed by atoms with Gasteiger partial charge in [-0.25, -0.2) is 0 Å². The van der Waals surface area contributed by atoms with Gasteiger partial charge < -0.3 is 0 Å². The number of benzene rings is 1. The van der Waals surface area contributed by atoms with Crippen molar-refractivity contribution in [3.63, 3.8) is 0 Å². The Labute approximate surface area is 149 Å². The van der Waals surface area contributed by atoms with Crippen molar-refractivity contribution < 1.29 is 22.2 Å². The van der Waals surface area contributed by atoms with Crippen LogP contribution in [-0.2, 0) is 23.9 Å². The van der Waals surface area contributed by atoms with Gasteiger partial charge in [0.05, 0.1) is 11.5 Å². The summed E-state index contributed by atoms with van der Waals surface area (Å²) in [5.41, 5.74) is 0.689. The van der Waals surface area contributed by atoms with Crippen molar-refractivity contribution in [3.05, 3.63) is 29.8 Å². The molecule has 1 fully saturated rings. The molecule has 1 aromatic rings. The van der Waals surface area contributed by atoms with Gasteiger partial charge in [-0.2, -0.15) is 8.42 Å². The molecule has 0 saturated carbocycles. The van der Waals surface area contributed by atoms with Crippen molar-refractivity contribution in [1.82, 2.24) is 4.90 Å². The Bertz CT molecular complexity index is 717. The normalized spacial score (nSPS) is 17.8. The van der Waals surface area contributed by atoms with E-state index in [9.17, 15) is 18.0 Å². The van der Waals surface area contributed by atoms with E-state index in [1.165, 1.54) is 17.0 Å². The van der Waals surface area contributed by atoms with Crippen LogP contribution in [0.5, 0.6) is 0 Å². The van der Waals surface area contributed by atoms with Crippen LogP contribution < -0.4 is 0 Å². The molecule has 0 aromatic heterocycles. The Morgan fingerprint density at radius 1 is 1.04 bits per heavy atom. The molecule has 1 saturated heterocycles. The molecule has 25 heavy (non-hydrogen) atoms. The van der Waals surface area contributed by atoms with Crippen molar-refractivity contribution in [3.8, 4) is 0 Å². The highest BCUT2D eigenvalue weighted by Gasteiger charge is 2.36. The van der Waals surface area contributed by atoms with E-state index < -0.39 is 10.1 Å². The SMILES string of the molecule is Cc1ccc(S(=O)(=O)OCCCCN2C(=O)CC(C)(C)CC2=O)cc1. The highest BCUT2D eigenvalue weighted by atomic mass is 32.2. The lowest BCUT2D eigenvalue weighted by Gasteiger charge is -2.34. The van der Waals surface area contributed by atoms with E-state index in [1.807, 2.05) is 20.8 Å². The summed E-state index contributed by atoms with van der Waals surface area (Å²) < 4.78 is 29.1. The van der Waals surface area contributed by atoms with Crippen molar-refractivity contribution in [2.24, 2.45) is 5.41 Å². The van der Waals surface area contributed by atoms with Crippen molar-refractivity contribution in [1.29, 1.82) is 0 Å². The van der Waals surface area contributed by atoms with Gasteiger partial charge in [0.2, 0.25) is 11.8 Å². The standard InChI is InChI=1S/C18H25NO5S/c1-14-6-8-15(9-7-14)25(22,23)24-11-5-4-10-19-16(20)12-18(2,3)13-17(19)21/h6-9H,4-5,10-13H2,1-3H3. The number of hydrogen-bond acceptors (Lipinski definition) is 5. The fraction of sp³-hybridized carbons (Fsp3) is 0.556. The van der Waals surface area contributed by atoms with E-state index >= 15 is 0 Å². The fourth-order valence-corrected chi connectivity index (χ4v) is 3.72. The summed E-state index contributed by atoms with van der Waals surface area (Å²) in [6.45, 7) is 6.02. The molecule has 0 atom stereocenters. The van der Waals surface area contributed by atoms with Gasteiger partial charge >= 0.3 is 0 Å². The molecule has 0 bridgehead atoms. The average molecular weight is 367 g/mol. The number of rotatable bonds is 7. The minimum absolute atomic E-state index is 0.0257. The first kappa shape index (κ1) is 19.6. The van der Waals surface area contributed by atoms with E-state index in [-0.39, 0.29) is 28.7 Å². The molecule has 7 heteroatoms. The number of likely N-dealkylation sites (tertiary alicyclic amines) is 1. The van der Waals surface area contributed by atoms with Crippen LogP contribution >= 0.6 is 0 Å². The van der Waals surface area contributed by atoms with E-state index in [0.717, 1.165) is 5.56 Å². The smallest absolute Gasteiger partial charge is 0.283 e. The largest absolute Gasteiger partial charge is 0.296 e. The number of carbonyl (C=O) groups is 2.